The lowest BCUT2D eigenvalue weighted by molar-refractivity contribution is -0.117. The fourth-order valence-corrected chi connectivity index (χ4v) is 4.30. The van der Waals surface area contributed by atoms with E-state index in [1.165, 1.54) is 6.42 Å². The third-order valence-electron chi connectivity index (χ3n) is 5.69. The van der Waals surface area contributed by atoms with Gasteiger partial charge in [0.05, 0.1) is 28.5 Å². The van der Waals surface area contributed by atoms with Crippen LogP contribution in [0.15, 0.2) is 30.6 Å². The first-order valence-electron chi connectivity index (χ1n) is 13.1. The molecule has 1 N–H and O–H groups in total. The van der Waals surface area contributed by atoms with Crippen LogP contribution in [0.5, 0.6) is 0 Å². The SMILES string of the molecule is CC.CC(=O)CCC(C)CC(C)C.CC/C=C(\c1cc(C#N)c(C)cc1C)c1cncc(NC)c1Cl. The maximum Gasteiger partial charge on any atom is 0.129 e. The van der Waals surface area contributed by atoms with Crippen LogP contribution < -0.4 is 5.32 Å². The zero-order valence-electron chi connectivity index (χ0n) is 24.1. The van der Waals surface area contributed by atoms with E-state index in [2.05, 4.69) is 57.1 Å². The van der Waals surface area contributed by atoms with Gasteiger partial charge in [-0.25, -0.2) is 0 Å². The number of nitrogens with one attached hydrogen (secondary N) is 1. The quantitative estimate of drug-likeness (QED) is 0.364. The number of aryl methyl sites for hydroxylation is 2. The Kier molecular flexibility index (Phi) is 16.4. The number of nitrogens with zero attached hydrogens (tertiary/aromatic N) is 2. The molecule has 0 amide bonds. The summed E-state index contributed by atoms with van der Waals surface area (Å²) in [4.78, 5) is 14.9. The molecule has 198 valence electrons. The second-order valence-electron chi connectivity index (χ2n) is 9.39. The van der Waals surface area contributed by atoms with Crippen molar-refractivity contribution in [1.82, 2.24) is 4.98 Å². The normalized spacial score (nSPS) is 11.5. The highest BCUT2D eigenvalue weighted by Gasteiger charge is 2.15. The third kappa shape index (κ3) is 11.0. The highest BCUT2D eigenvalue weighted by atomic mass is 35.5. The number of rotatable bonds is 9. The number of Topliss-reactive ketones (excluding diaryl/α,β-unsaturated/α-hetero) is 1. The second kappa shape index (κ2) is 17.7. The summed E-state index contributed by atoms with van der Waals surface area (Å²) in [6.45, 7) is 18.4. The Morgan fingerprint density at radius 3 is 2.28 bits per heavy atom. The van der Waals surface area contributed by atoms with Gasteiger partial charge in [0.15, 0.2) is 0 Å². The van der Waals surface area contributed by atoms with Crippen molar-refractivity contribution in [2.75, 3.05) is 12.4 Å². The Morgan fingerprint density at radius 1 is 1.14 bits per heavy atom. The number of anilines is 1. The van der Waals surface area contributed by atoms with Gasteiger partial charge >= 0.3 is 0 Å². The molecule has 0 bridgehead atoms. The van der Waals surface area contributed by atoms with Gasteiger partial charge in [0.1, 0.15) is 5.78 Å². The molecule has 1 aromatic heterocycles. The topological polar surface area (TPSA) is 65.8 Å². The molecule has 5 heteroatoms. The fourth-order valence-electron chi connectivity index (χ4n) is 4.01. The van der Waals surface area contributed by atoms with E-state index < -0.39 is 0 Å². The van der Waals surface area contributed by atoms with Gasteiger partial charge in [-0.1, -0.05) is 65.3 Å². The Bertz CT molecular complexity index is 1030. The van der Waals surface area contributed by atoms with E-state index in [1.54, 1.807) is 19.3 Å². The van der Waals surface area contributed by atoms with Crippen molar-refractivity contribution in [3.8, 4) is 6.07 Å². The lowest BCUT2D eigenvalue weighted by atomic mass is 9.91. The predicted octanol–water partition coefficient (Wildman–Crippen LogP) is 9.17. The van der Waals surface area contributed by atoms with Crippen LogP contribution in [0.1, 0.15) is 102 Å². The first-order valence-corrected chi connectivity index (χ1v) is 13.5. The molecule has 2 aromatic rings. The largest absolute Gasteiger partial charge is 0.386 e. The maximum atomic E-state index is 10.6. The Hall–Kier alpha value is -2.64. The summed E-state index contributed by atoms with van der Waals surface area (Å²) in [5.41, 5.74) is 6.47. The molecule has 0 aliphatic rings. The molecule has 0 saturated carbocycles. The summed E-state index contributed by atoms with van der Waals surface area (Å²) in [5, 5.41) is 13.0. The van der Waals surface area contributed by atoms with Crippen molar-refractivity contribution in [2.24, 2.45) is 11.8 Å². The van der Waals surface area contributed by atoms with E-state index in [9.17, 15) is 10.1 Å². The van der Waals surface area contributed by atoms with Crippen molar-refractivity contribution < 1.29 is 4.79 Å². The van der Waals surface area contributed by atoms with Crippen LogP contribution in [0.2, 0.25) is 5.02 Å². The first-order chi connectivity index (χ1) is 17.0. The van der Waals surface area contributed by atoms with Crippen LogP contribution in [0.3, 0.4) is 0 Å². The molecule has 0 radical (unpaired) electrons. The van der Waals surface area contributed by atoms with Crippen LogP contribution in [-0.2, 0) is 4.79 Å². The minimum atomic E-state index is 0.320. The molecular formula is C31H46ClN3O. The molecule has 2 rings (SSSR count). The van der Waals surface area contributed by atoms with Crippen molar-refractivity contribution in [1.29, 1.82) is 5.26 Å². The van der Waals surface area contributed by atoms with Crippen molar-refractivity contribution in [3.63, 3.8) is 0 Å². The summed E-state index contributed by atoms with van der Waals surface area (Å²) in [6, 6.07) is 6.24. The van der Waals surface area contributed by atoms with Gasteiger partial charge in [-0.15, -0.1) is 0 Å². The van der Waals surface area contributed by atoms with Crippen LogP contribution >= 0.6 is 11.6 Å². The number of hydrogen-bond acceptors (Lipinski definition) is 4. The van der Waals surface area contributed by atoms with Gasteiger partial charge in [0, 0.05) is 25.2 Å². The number of nitriles is 1. The van der Waals surface area contributed by atoms with Gasteiger partial charge in [-0.2, -0.15) is 5.26 Å². The minimum Gasteiger partial charge on any atom is -0.386 e. The molecule has 4 nitrogen and oxygen atoms in total. The zero-order chi connectivity index (χ0) is 27.8. The van der Waals surface area contributed by atoms with Crippen LogP contribution in [0.25, 0.3) is 5.57 Å². The van der Waals surface area contributed by atoms with Gasteiger partial charge in [0.2, 0.25) is 0 Å². The number of halogens is 1. The Morgan fingerprint density at radius 2 is 1.78 bits per heavy atom. The number of hydrogen-bond donors (Lipinski definition) is 1. The summed E-state index contributed by atoms with van der Waals surface area (Å²) in [6.07, 6.45) is 9.54. The molecule has 0 fully saturated rings. The molecule has 0 saturated heterocycles. The Balaban J connectivity index is 0.000000796. The van der Waals surface area contributed by atoms with Crippen LogP contribution in [0.4, 0.5) is 5.69 Å². The van der Waals surface area contributed by atoms with Crippen molar-refractivity contribution >= 4 is 28.6 Å². The minimum absolute atomic E-state index is 0.320. The summed E-state index contributed by atoms with van der Waals surface area (Å²) < 4.78 is 0. The monoisotopic (exact) mass is 511 g/mol. The van der Waals surface area contributed by atoms with E-state index in [1.807, 2.05) is 40.0 Å². The summed E-state index contributed by atoms with van der Waals surface area (Å²) in [5.74, 6) is 1.79. The summed E-state index contributed by atoms with van der Waals surface area (Å²) >= 11 is 6.54. The average Bonchev–Trinajstić information content (AvgIpc) is 2.83. The number of aromatic nitrogens is 1. The highest BCUT2D eigenvalue weighted by molar-refractivity contribution is 6.35. The number of pyridine rings is 1. The molecular weight excluding hydrogens is 466 g/mol. The molecule has 36 heavy (non-hydrogen) atoms. The first kappa shape index (κ1) is 33.4. The number of benzene rings is 1. The number of ketones is 1. The van der Waals surface area contributed by atoms with Gasteiger partial charge in [-0.05, 0) is 80.2 Å². The molecule has 0 aliphatic heterocycles. The maximum absolute atomic E-state index is 10.6. The number of allylic oxidation sites excluding steroid dienone is 1. The fraction of sp³-hybridized carbons (Fsp3) is 0.516. The number of carbonyl (C=O) groups excluding carboxylic acids is 1. The molecule has 1 unspecified atom stereocenters. The van der Waals surface area contributed by atoms with E-state index in [0.717, 1.165) is 58.7 Å². The van der Waals surface area contributed by atoms with Crippen LogP contribution in [-0.4, -0.2) is 17.8 Å². The molecule has 1 aromatic carbocycles. The van der Waals surface area contributed by atoms with E-state index in [-0.39, 0.29) is 0 Å². The van der Waals surface area contributed by atoms with Crippen molar-refractivity contribution in [2.45, 2.75) is 88.0 Å². The van der Waals surface area contributed by atoms with Gasteiger partial charge in [0.25, 0.3) is 0 Å². The number of carbonyl (C=O) groups is 1. The summed E-state index contributed by atoms with van der Waals surface area (Å²) in [7, 11) is 1.82. The van der Waals surface area contributed by atoms with Gasteiger partial charge < -0.3 is 10.1 Å². The zero-order valence-corrected chi connectivity index (χ0v) is 24.8. The standard InChI is InChI=1S/C19H20ClN3.C10H20O.C2H6/c1-5-6-15(17-10-23-11-18(22-4)19(17)20)16-8-14(9-21)12(2)7-13(16)3;1-8(2)7-9(3)5-6-10(4)11;1-2/h6-8,10-11,22H,5H2,1-4H3;8-9H,5-7H2,1-4H3;1-2H3/b15-6+;;. The lowest BCUT2D eigenvalue weighted by Crippen LogP contribution is -2.02. The van der Waals surface area contributed by atoms with Crippen molar-refractivity contribution in [3.05, 3.63) is 63.4 Å². The average molecular weight is 512 g/mol. The van der Waals surface area contributed by atoms with Crippen LogP contribution in [0, 0.1) is 37.0 Å². The lowest BCUT2D eigenvalue weighted by Gasteiger charge is -2.16. The second-order valence-corrected chi connectivity index (χ2v) is 9.77. The van der Waals surface area contributed by atoms with E-state index in [4.69, 9.17) is 11.6 Å². The van der Waals surface area contributed by atoms with E-state index in [0.29, 0.717) is 22.3 Å². The smallest absolute Gasteiger partial charge is 0.129 e. The molecule has 0 spiro atoms. The van der Waals surface area contributed by atoms with E-state index >= 15 is 0 Å². The molecule has 1 heterocycles. The third-order valence-corrected chi connectivity index (χ3v) is 6.10. The molecule has 1 atom stereocenters. The molecule has 0 aliphatic carbocycles. The van der Waals surface area contributed by atoms with Gasteiger partial charge in [-0.3, -0.25) is 4.98 Å². The Labute approximate surface area is 225 Å². The highest BCUT2D eigenvalue weighted by Crippen LogP contribution is 2.35. The predicted molar refractivity (Wildman–Crippen MR) is 157 cm³/mol.